The number of benzene rings is 3. The summed E-state index contributed by atoms with van der Waals surface area (Å²) in [5, 5.41) is 5.00. The quantitative estimate of drug-likeness (QED) is 0.470. The van der Waals surface area contributed by atoms with Crippen LogP contribution in [0.15, 0.2) is 72.8 Å². The van der Waals surface area contributed by atoms with Crippen LogP contribution in [-0.4, -0.2) is 25.0 Å². The molecule has 0 bridgehead atoms. The summed E-state index contributed by atoms with van der Waals surface area (Å²) in [4.78, 5) is 25.0. The fourth-order valence-corrected chi connectivity index (χ4v) is 3.20. The Morgan fingerprint density at radius 1 is 1.00 bits per heavy atom. The highest BCUT2D eigenvalue weighted by Crippen LogP contribution is 2.24. The molecule has 1 amide bonds. The molecule has 1 aliphatic carbocycles. The number of rotatable bonds is 7. The van der Waals surface area contributed by atoms with Crippen LogP contribution in [0.5, 0.6) is 5.75 Å². The van der Waals surface area contributed by atoms with Crippen molar-refractivity contribution in [3.05, 3.63) is 83.9 Å². The minimum atomic E-state index is -0.965. The summed E-state index contributed by atoms with van der Waals surface area (Å²) in [6, 6.07) is 20.9. The number of carbonyl (C=O) groups excluding carboxylic acids is 2. The van der Waals surface area contributed by atoms with E-state index in [1.165, 1.54) is 6.08 Å². The third kappa shape index (κ3) is 4.87. The van der Waals surface area contributed by atoms with Crippen molar-refractivity contribution in [3.8, 4) is 5.75 Å². The van der Waals surface area contributed by atoms with Crippen LogP contribution in [0.2, 0.25) is 0 Å². The molecule has 5 nitrogen and oxygen atoms in total. The lowest BCUT2D eigenvalue weighted by atomic mass is 10.1. The lowest BCUT2D eigenvalue weighted by Crippen LogP contribution is -2.33. The van der Waals surface area contributed by atoms with E-state index in [2.05, 4.69) is 5.32 Å². The zero-order chi connectivity index (χ0) is 20.9. The summed E-state index contributed by atoms with van der Waals surface area (Å²) in [7, 11) is 1.64. The van der Waals surface area contributed by atoms with Crippen molar-refractivity contribution in [1.82, 2.24) is 5.32 Å². The molecule has 5 heteroatoms. The molecule has 0 radical (unpaired) electrons. The molecule has 0 spiro atoms. The summed E-state index contributed by atoms with van der Waals surface area (Å²) in [5.41, 5.74) is 1.51. The Hall–Kier alpha value is -3.60. The fourth-order valence-electron chi connectivity index (χ4n) is 3.20. The molecule has 0 saturated heterocycles. The van der Waals surface area contributed by atoms with E-state index in [0.717, 1.165) is 34.9 Å². The third-order valence-corrected chi connectivity index (χ3v) is 4.98. The lowest BCUT2D eigenvalue weighted by Gasteiger charge is -2.17. The second-order valence-corrected chi connectivity index (χ2v) is 7.32. The predicted molar refractivity (Wildman–Crippen MR) is 116 cm³/mol. The normalized spacial score (nSPS) is 14.4. The number of carbonyl (C=O) groups is 2. The smallest absolute Gasteiger partial charge is 0.331 e. The first-order valence-corrected chi connectivity index (χ1v) is 9.94. The monoisotopic (exact) mass is 401 g/mol. The van der Waals surface area contributed by atoms with Crippen molar-refractivity contribution < 1.29 is 19.1 Å². The highest BCUT2D eigenvalue weighted by Gasteiger charge is 2.30. The van der Waals surface area contributed by atoms with Gasteiger partial charge in [-0.2, -0.15) is 0 Å². The van der Waals surface area contributed by atoms with E-state index in [9.17, 15) is 9.59 Å². The molecule has 3 aromatic carbocycles. The van der Waals surface area contributed by atoms with Gasteiger partial charge in [0.1, 0.15) is 5.75 Å². The molecule has 152 valence electrons. The third-order valence-electron chi connectivity index (χ3n) is 4.98. The van der Waals surface area contributed by atoms with Crippen LogP contribution in [0.1, 0.15) is 30.1 Å². The van der Waals surface area contributed by atoms with E-state index in [1.807, 2.05) is 54.6 Å². The summed E-state index contributed by atoms with van der Waals surface area (Å²) in [6.07, 6.45) is 4.01. The van der Waals surface area contributed by atoms with Gasteiger partial charge < -0.3 is 14.8 Å². The number of fused-ring (bicyclic) bond motifs is 1. The van der Waals surface area contributed by atoms with Gasteiger partial charge in [0, 0.05) is 17.7 Å². The summed E-state index contributed by atoms with van der Waals surface area (Å²) < 4.78 is 10.8. The van der Waals surface area contributed by atoms with Crippen molar-refractivity contribution in [3.63, 3.8) is 0 Å². The number of methoxy groups -OCH3 is 1. The summed E-state index contributed by atoms with van der Waals surface area (Å²) >= 11 is 0. The zero-order valence-electron chi connectivity index (χ0n) is 16.7. The van der Waals surface area contributed by atoms with E-state index in [0.29, 0.717) is 5.56 Å². The molecular formula is C25H23NO4. The minimum absolute atomic E-state index is 0.189. The maximum absolute atomic E-state index is 12.6. The number of hydrogen-bond acceptors (Lipinski definition) is 4. The van der Waals surface area contributed by atoms with Gasteiger partial charge in [-0.3, -0.25) is 4.79 Å². The molecule has 1 fully saturated rings. The Balaban J connectivity index is 1.47. The molecule has 30 heavy (non-hydrogen) atoms. The lowest BCUT2D eigenvalue weighted by molar-refractivity contribution is -0.151. The van der Waals surface area contributed by atoms with Gasteiger partial charge >= 0.3 is 5.97 Å². The van der Waals surface area contributed by atoms with Gasteiger partial charge in [0.15, 0.2) is 0 Å². The van der Waals surface area contributed by atoms with Crippen molar-refractivity contribution in [2.24, 2.45) is 0 Å². The number of ether oxygens (including phenoxy) is 2. The predicted octanol–water partition coefficient (Wildman–Crippen LogP) is 4.42. The first kappa shape index (κ1) is 19.7. The molecule has 0 aliphatic heterocycles. The first-order valence-electron chi connectivity index (χ1n) is 9.94. The molecule has 1 saturated carbocycles. The maximum Gasteiger partial charge on any atom is 0.331 e. The van der Waals surface area contributed by atoms with Crippen molar-refractivity contribution in [2.75, 3.05) is 7.11 Å². The van der Waals surface area contributed by atoms with Crippen LogP contribution in [0.4, 0.5) is 0 Å². The number of nitrogens with one attached hydrogen (secondary N) is 1. The number of hydrogen-bond donors (Lipinski definition) is 1. The first-order chi connectivity index (χ1) is 14.6. The fraction of sp³-hybridized carbons (Fsp3) is 0.200. The van der Waals surface area contributed by atoms with Gasteiger partial charge in [0.25, 0.3) is 5.91 Å². The zero-order valence-corrected chi connectivity index (χ0v) is 16.7. The average molecular weight is 401 g/mol. The highest BCUT2D eigenvalue weighted by molar-refractivity contribution is 5.92. The van der Waals surface area contributed by atoms with Crippen molar-refractivity contribution in [2.45, 2.75) is 25.0 Å². The van der Waals surface area contributed by atoms with Gasteiger partial charge in [-0.15, -0.1) is 0 Å². The SMILES string of the molecule is COc1ccc2cc(/C=C/C(=O)O[C@H](C(=O)NC3CC3)c3ccccc3)ccc2c1. The number of esters is 1. The van der Waals surface area contributed by atoms with Gasteiger partial charge in [-0.25, -0.2) is 4.79 Å². The van der Waals surface area contributed by atoms with Crippen LogP contribution < -0.4 is 10.1 Å². The van der Waals surface area contributed by atoms with E-state index in [1.54, 1.807) is 25.3 Å². The van der Waals surface area contributed by atoms with E-state index >= 15 is 0 Å². The van der Waals surface area contributed by atoms with Crippen LogP contribution in [0, 0.1) is 0 Å². The highest BCUT2D eigenvalue weighted by atomic mass is 16.5. The molecule has 1 aliphatic rings. The Bertz CT molecular complexity index is 1090. The number of amides is 1. The average Bonchev–Trinajstić information content (AvgIpc) is 3.60. The van der Waals surface area contributed by atoms with Gasteiger partial charge in [-0.1, -0.05) is 48.5 Å². The molecule has 1 N–H and O–H groups in total. The Morgan fingerprint density at radius 3 is 2.47 bits per heavy atom. The second-order valence-electron chi connectivity index (χ2n) is 7.32. The van der Waals surface area contributed by atoms with E-state index in [4.69, 9.17) is 9.47 Å². The molecule has 0 heterocycles. The van der Waals surface area contributed by atoms with Crippen LogP contribution >= 0.6 is 0 Å². The molecule has 0 unspecified atom stereocenters. The van der Waals surface area contributed by atoms with Crippen LogP contribution in [-0.2, 0) is 14.3 Å². The van der Waals surface area contributed by atoms with Gasteiger partial charge in [-0.05, 0) is 53.5 Å². The Kier molecular flexibility index (Phi) is 5.80. The van der Waals surface area contributed by atoms with E-state index < -0.39 is 12.1 Å². The van der Waals surface area contributed by atoms with E-state index in [-0.39, 0.29) is 11.9 Å². The van der Waals surface area contributed by atoms with Gasteiger partial charge in [0.2, 0.25) is 6.10 Å². The summed E-state index contributed by atoms with van der Waals surface area (Å²) in [6.45, 7) is 0. The maximum atomic E-state index is 12.6. The van der Waals surface area contributed by atoms with Crippen LogP contribution in [0.25, 0.3) is 16.8 Å². The second kappa shape index (κ2) is 8.82. The Labute approximate surface area is 175 Å². The topological polar surface area (TPSA) is 64.6 Å². The standard InChI is InChI=1S/C25H23NO4/c1-29-22-13-10-19-15-17(7-9-20(19)16-22)8-14-23(27)30-24(18-5-3-2-4-6-18)25(28)26-21-11-12-21/h2-10,13-16,21,24H,11-12H2,1H3,(H,26,28)/b14-8+/t24-/m0/s1. The Morgan fingerprint density at radius 2 is 1.73 bits per heavy atom. The molecule has 0 aromatic heterocycles. The minimum Gasteiger partial charge on any atom is -0.497 e. The van der Waals surface area contributed by atoms with Crippen molar-refractivity contribution in [1.29, 1.82) is 0 Å². The molecule has 1 atom stereocenters. The molecular weight excluding hydrogens is 378 g/mol. The van der Waals surface area contributed by atoms with Crippen molar-refractivity contribution >= 4 is 28.7 Å². The largest absolute Gasteiger partial charge is 0.497 e. The molecule has 3 aromatic rings. The van der Waals surface area contributed by atoms with Gasteiger partial charge in [0.05, 0.1) is 7.11 Å². The molecule has 4 rings (SSSR count). The summed E-state index contributed by atoms with van der Waals surface area (Å²) in [5.74, 6) is -0.0551. The van der Waals surface area contributed by atoms with Crippen LogP contribution in [0.3, 0.4) is 0 Å².